The molecule has 28 heavy (non-hydrogen) atoms. The number of amides is 1. The topological polar surface area (TPSA) is 57.6 Å². The van der Waals surface area contributed by atoms with Crippen molar-refractivity contribution in [2.24, 2.45) is 11.8 Å². The molecule has 2 aromatic rings. The number of aromatic carboxylic acids is 1. The number of halogens is 1. The van der Waals surface area contributed by atoms with Gasteiger partial charge in [-0.25, -0.2) is 4.79 Å². The lowest BCUT2D eigenvalue weighted by Gasteiger charge is -2.33. The molecule has 1 heterocycles. The molecule has 150 valence electrons. The third kappa shape index (κ3) is 4.41. The highest BCUT2D eigenvalue weighted by Crippen LogP contribution is 2.40. The summed E-state index contributed by atoms with van der Waals surface area (Å²) < 4.78 is 0. The van der Waals surface area contributed by atoms with E-state index in [2.05, 4.69) is 6.92 Å². The molecular formula is C22H26ClNO3S. The second-order valence-electron chi connectivity index (χ2n) is 7.90. The zero-order valence-electron chi connectivity index (χ0n) is 16.4. The Morgan fingerprint density at radius 1 is 1.14 bits per heavy atom. The molecule has 1 saturated carbocycles. The predicted octanol–water partition coefficient (Wildman–Crippen LogP) is 6.33. The molecule has 0 atom stereocenters. The molecule has 0 spiro atoms. The highest BCUT2D eigenvalue weighted by Gasteiger charge is 2.33. The van der Waals surface area contributed by atoms with Crippen LogP contribution in [0.4, 0.5) is 5.69 Å². The molecule has 0 bridgehead atoms. The number of carboxylic acids is 1. The SMILES string of the molecule is CC(C)N(c1cc(-c2ccc(Cl)cc2)sc1C(=O)O)C(=O)[C@H]1CC[C@H](C)CC1. The molecule has 1 aromatic heterocycles. The second kappa shape index (κ2) is 8.66. The largest absolute Gasteiger partial charge is 0.477 e. The summed E-state index contributed by atoms with van der Waals surface area (Å²) in [5.41, 5.74) is 1.40. The average Bonchev–Trinajstić information content (AvgIpc) is 3.07. The van der Waals surface area contributed by atoms with E-state index in [1.807, 2.05) is 32.0 Å². The van der Waals surface area contributed by atoms with E-state index >= 15 is 0 Å². The Kier molecular flexibility index (Phi) is 6.46. The number of nitrogens with zero attached hydrogens (tertiary/aromatic N) is 1. The Labute approximate surface area is 175 Å². The molecule has 1 aliphatic rings. The highest BCUT2D eigenvalue weighted by molar-refractivity contribution is 7.18. The number of hydrogen-bond donors (Lipinski definition) is 1. The summed E-state index contributed by atoms with van der Waals surface area (Å²) in [5, 5.41) is 10.4. The molecule has 3 rings (SSSR count). The number of thiophene rings is 1. The zero-order chi connectivity index (χ0) is 20.4. The normalized spacial score (nSPS) is 19.6. The van der Waals surface area contributed by atoms with Crippen LogP contribution in [-0.4, -0.2) is 23.0 Å². The molecule has 0 saturated heterocycles. The Balaban J connectivity index is 1.99. The van der Waals surface area contributed by atoms with Crippen LogP contribution >= 0.6 is 22.9 Å². The fourth-order valence-corrected chi connectivity index (χ4v) is 4.94. The summed E-state index contributed by atoms with van der Waals surface area (Å²) in [6, 6.07) is 9.02. The van der Waals surface area contributed by atoms with Gasteiger partial charge in [0, 0.05) is 21.9 Å². The molecule has 0 radical (unpaired) electrons. The number of anilines is 1. The Morgan fingerprint density at radius 3 is 2.29 bits per heavy atom. The van der Waals surface area contributed by atoms with Crippen molar-refractivity contribution in [3.05, 3.63) is 40.2 Å². The first-order chi connectivity index (χ1) is 13.3. The maximum absolute atomic E-state index is 13.3. The fourth-order valence-electron chi connectivity index (χ4n) is 3.83. The molecule has 0 unspecified atom stereocenters. The van der Waals surface area contributed by atoms with Gasteiger partial charge in [0.05, 0.1) is 5.69 Å². The molecule has 1 aliphatic carbocycles. The first-order valence-electron chi connectivity index (χ1n) is 9.74. The molecule has 0 aliphatic heterocycles. The maximum atomic E-state index is 13.3. The minimum atomic E-state index is -1.00. The standard InChI is InChI=1S/C22H26ClNO3S/c1-13(2)24(21(25)16-6-4-14(3)5-7-16)18-12-19(28-20(18)22(26)27)15-8-10-17(23)11-9-15/h8-14,16H,4-7H2,1-3H3,(H,26,27)/t14-,16-. The van der Waals surface area contributed by atoms with E-state index in [1.54, 1.807) is 17.0 Å². The maximum Gasteiger partial charge on any atom is 0.348 e. The van der Waals surface area contributed by atoms with Crippen LogP contribution in [0.2, 0.25) is 5.02 Å². The minimum absolute atomic E-state index is 0.0286. The van der Waals surface area contributed by atoms with Crippen LogP contribution in [0, 0.1) is 11.8 Å². The molecule has 4 nitrogen and oxygen atoms in total. The van der Waals surface area contributed by atoms with Crippen molar-refractivity contribution < 1.29 is 14.7 Å². The van der Waals surface area contributed by atoms with Crippen molar-refractivity contribution in [1.29, 1.82) is 0 Å². The third-order valence-corrected chi connectivity index (χ3v) is 6.83. The van der Waals surface area contributed by atoms with E-state index in [0.29, 0.717) is 16.6 Å². The van der Waals surface area contributed by atoms with Crippen molar-refractivity contribution in [2.75, 3.05) is 4.90 Å². The van der Waals surface area contributed by atoms with Crippen LogP contribution in [0.1, 0.15) is 56.1 Å². The van der Waals surface area contributed by atoms with Crippen LogP contribution in [0.3, 0.4) is 0 Å². The van der Waals surface area contributed by atoms with Gasteiger partial charge in [0.25, 0.3) is 0 Å². The number of hydrogen-bond acceptors (Lipinski definition) is 3. The minimum Gasteiger partial charge on any atom is -0.477 e. The van der Waals surface area contributed by atoms with E-state index in [1.165, 1.54) is 11.3 Å². The summed E-state index contributed by atoms with van der Waals surface area (Å²) in [4.78, 5) is 28.0. The lowest BCUT2D eigenvalue weighted by Crippen LogP contribution is -2.42. The van der Waals surface area contributed by atoms with Gasteiger partial charge in [0.1, 0.15) is 4.88 Å². The zero-order valence-corrected chi connectivity index (χ0v) is 18.0. The average molecular weight is 420 g/mol. The summed E-state index contributed by atoms with van der Waals surface area (Å²) in [6.45, 7) is 6.10. The van der Waals surface area contributed by atoms with Crippen molar-refractivity contribution in [1.82, 2.24) is 0 Å². The monoisotopic (exact) mass is 419 g/mol. The van der Waals surface area contributed by atoms with Gasteiger partial charge in [0.2, 0.25) is 5.91 Å². The van der Waals surface area contributed by atoms with Crippen molar-refractivity contribution >= 4 is 40.5 Å². The van der Waals surface area contributed by atoms with E-state index in [4.69, 9.17) is 11.6 Å². The van der Waals surface area contributed by atoms with Gasteiger partial charge in [-0.1, -0.05) is 30.7 Å². The lowest BCUT2D eigenvalue weighted by molar-refractivity contribution is -0.123. The Bertz CT molecular complexity index is 851. The van der Waals surface area contributed by atoms with Gasteiger partial charge in [-0.3, -0.25) is 4.79 Å². The third-order valence-electron chi connectivity index (χ3n) is 5.41. The quantitative estimate of drug-likeness (QED) is 0.615. The van der Waals surface area contributed by atoms with E-state index < -0.39 is 5.97 Å². The number of carboxylic acid groups (broad SMARTS) is 1. The van der Waals surface area contributed by atoms with Gasteiger partial charge in [-0.2, -0.15) is 0 Å². The highest BCUT2D eigenvalue weighted by atomic mass is 35.5. The number of carbonyl (C=O) groups excluding carboxylic acids is 1. The van der Waals surface area contributed by atoms with Crippen LogP contribution in [-0.2, 0) is 4.79 Å². The summed E-state index contributed by atoms with van der Waals surface area (Å²) >= 11 is 7.17. The van der Waals surface area contributed by atoms with Crippen molar-refractivity contribution in [3.63, 3.8) is 0 Å². The number of carbonyl (C=O) groups is 2. The molecular weight excluding hydrogens is 394 g/mol. The smallest absolute Gasteiger partial charge is 0.348 e. The first-order valence-corrected chi connectivity index (χ1v) is 10.9. The molecule has 1 aromatic carbocycles. The van der Waals surface area contributed by atoms with E-state index in [9.17, 15) is 14.7 Å². The van der Waals surface area contributed by atoms with Crippen molar-refractivity contribution in [2.45, 2.75) is 52.5 Å². The van der Waals surface area contributed by atoms with Gasteiger partial charge < -0.3 is 10.0 Å². The predicted molar refractivity (Wildman–Crippen MR) is 115 cm³/mol. The Hall–Kier alpha value is -1.85. The molecule has 1 N–H and O–H groups in total. The van der Waals surface area contributed by atoms with Crippen molar-refractivity contribution in [3.8, 4) is 10.4 Å². The number of rotatable bonds is 5. The van der Waals surface area contributed by atoms with Crippen LogP contribution < -0.4 is 4.90 Å². The van der Waals surface area contributed by atoms with Crippen LogP contribution in [0.5, 0.6) is 0 Å². The van der Waals surface area contributed by atoms with E-state index in [-0.39, 0.29) is 22.7 Å². The van der Waals surface area contributed by atoms with Gasteiger partial charge >= 0.3 is 5.97 Å². The first kappa shape index (κ1) is 20.9. The van der Waals surface area contributed by atoms with E-state index in [0.717, 1.165) is 36.1 Å². The molecule has 1 amide bonds. The number of benzene rings is 1. The fraction of sp³-hybridized carbons (Fsp3) is 0.455. The van der Waals surface area contributed by atoms with Crippen LogP contribution in [0.25, 0.3) is 10.4 Å². The summed E-state index contributed by atoms with van der Waals surface area (Å²) in [7, 11) is 0. The Morgan fingerprint density at radius 2 is 1.75 bits per heavy atom. The van der Waals surface area contributed by atoms with Gasteiger partial charge in [0.15, 0.2) is 0 Å². The second-order valence-corrected chi connectivity index (χ2v) is 9.38. The summed E-state index contributed by atoms with van der Waals surface area (Å²) in [6.07, 6.45) is 3.85. The lowest BCUT2D eigenvalue weighted by atomic mass is 9.82. The summed E-state index contributed by atoms with van der Waals surface area (Å²) in [5.74, 6) is -0.330. The van der Waals surface area contributed by atoms with Crippen LogP contribution in [0.15, 0.2) is 30.3 Å². The van der Waals surface area contributed by atoms with Gasteiger partial charge in [-0.05, 0) is 69.2 Å². The molecule has 1 fully saturated rings. The molecule has 6 heteroatoms. The van der Waals surface area contributed by atoms with Gasteiger partial charge in [-0.15, -0.1) is 11.3 Å².